The van der Waals surface area contributed by atoms with Gasteiger partial charge in [-0.2, -0.15) is 0 Å². The molecule has 0 aromatic heterocycles. The number of carbonyl (C=O) groups is 1. The number of rotatable bonds is 2. The maximum Gasteiger partial charge on any atom is 0.417 e. The van der Waals surface area contributed by atoms with E-state index in [-0.39, 0.29) is 0 Å². The molecule has 2 rings (SSSR count). The van der Waals surface area contributed by atoms with Crippen molar-refractivity contribution in [1.82, 2.24) is 0 Å². The zero-order chi connectivity index (χ0) is 14.7. The second kappa shape index (κ2) is 6.09. The number of nitrogens with one attached hydrogen (secondary N) is 1. The minimum atomic E-state index is -0.494. The number of aryl methyl sites for hydroxylation is 3. The average Bonchev–Trinajstić information content (AvgIpc) is 2.36. The molecule has 0 atom stereocenters. The minimum Gasteiger partial charge on any atom is -0.409 e. The number of carbonyl (C=O) groups excluding carboxylic acids is 1. The van der Waals surface area contributed by atoms with Gasteiger partial charge in [-0.15, -0.1) is 0 Å². The lowest BCUT2D eigenvalue weighted by Crippen LogP contribution is -2.18. The molecule has 4 heteroatoms. The van der Waals surface area contributed by atoms with Crippen molar-refractivity contribution in [3.63, 3.8) is 0 Å². The number of para-hydroxylation sites is 1. The van der Waals surface area contributed by atoms with Crippen molar-refractivity contribution in [2.45, 2.75) is 20.8 Å². The Morgan fingerprint density at radius 1 is 1.10 bits per heavy atom. The second-order valence-corrected chi connectivity index (χ2v) is 5.57. The normalized spacial score (nSPS) is 10.2. The SMILES string of the molecule is Cc1cc(C)c(NC(=O)Oc2ccccc2Br)c(C)c1. The van der Waals surface area contributed by atoms with Gasteiger partial charge in [0.25, 0.3) is 0 Å². The van der Waals surface area contributed by atoms with E-state index >= 15 is 0 Å². The molecular weight excluding hydrogens is 318 g/mol. The van der Waals surface area contributed by atoms with Crippen LogP contribution in [0.5, 0.6) is 5.75 Å². The van der Waals surface area contributed by atoms with Crippen LogP contribution in [-0.4, -0.2) is 6.09 Å². The fourth-order valence-electron chi connectivity index (χ4n) is 2.13. The summed E-state index contributed by atoms with van der Waals surface area (Å²) < 4.78 is 6.04. The molecule has 0 heterocycles. The molecule has 0 aliphatic heterocycles. The molecule has 0 aliphatic carbocycles. The third kappa shape index (κ3) is 3.39. The highest BCUT2D eigenvalue weighted by Gasteiger charge is 2.11. The lowest BCUT2D eigenvalue weighted by Gasteiger charge is -2.13. The number of amides is 1. The summed E-state index contributed by atoms with van der Waals surface area (Å²) in [5, 5.41) is 2.80. The largest absolute Gasteiger partial charge is 0.417 e. The van der Waals surface area contributed by atoms with Crippen LogP contribution in [0.1, 0.15) is 16.7 Å². The molecule has 2 aromatic rings. The van der Waals surface area contributed by atoms with Gasteiger partial charge >= 0.3 is 6.09 Å². The first kappa shape index (κ1) is 14.6. The number of benzene rings is 2. The minimum absolute atomic E-state index is 0.493. The van der Waals surface area contributed by atoms with Crippen LogP contribution in [0.15, 0.2) is 40.9 Å². The van der Waals surface area contributed by atoms with E-state index in [2.05, 4.69) is 21.2 Å². The molecule has 0 aliphatic rings. The standard InChI is InChI=1S/C16H16BrNO2/c1-10-8-11(2)15(12(3)9-10)18-16(19)20-14-7-5-4-6-13(14)17/h4-9H,1-3H3,(H,18,19). The van der Waals surface area contributed by atoms with Gasteiger partial charge in [-0.25, -0.2) is 4.79 Å². The van der Waals surface area contributed by atoms with Crippen LogP contribution in [0.4, 0.5) is 10.5 Å². The summed E-state index contributed by atoms with van der Waals surface area (Å²) in [5.41, 5.74) is 4.01. The van der Waals surface area contributed by atoms with E-state index in [0.29, 0.717) is 5.75 Å². The lowest BCUT2D eigenvalue weighted by atomic mass is 10.1. The van der Waals surface area contributed by atoms with Crippen molar-refractivity contribution in [2.24, 2.45) is 0 Å². The van der Waals surface area contributed by atoms with Crippen molar-refractivity contribution < 1.29 is 9.53 Å². The number of hydrogen-bond donors (Lipinski definition) is 1. The summed E-state index contributed by atoms with van der Waals surface area (Å²) in [4.78, 5) is 12.0. The summed E-state index contributed by atoms with van der Waals surface area (Å²) in [6.07, 6.45) is -0.494. The predicted octanol–water partition coefficient (Wildman–Crippen LogP) is 4.99. The monoisotopic (exact) mass is 333 g/mol. The number of halogens is 1. The lowest BCUT2D eigenvalue weighted by molar-refractivity contribution is 0.215. The maximum absolute atomic E-state index is 12.0. The quantitative estimate of drug-likeness (QED) is 0.841. The molecule has 1 N–H and O–H groups in total. The highest BCUT2D eigenvalue weighted by molar-refractivity contribution is 9.10. The fraction of sp³-hybridized carbons (Fsp3) is 0.188. The van der Waals surface area contributed by atoms with Gasteiger partial charge in [-0.1, -0.05) is 29.8 Å². The van der Waals surface area contributed by atoms with E-state index in [4.69, 9.17) is 4.74 Å². The second-order valence-electron chi connectivity index (χ2n) is 4.72. The molecule has 0 saturated carbocycles. The van der Waals surface area contributed by atoms with E-state index in [1.807, 2.05) is 51.1 Å². The van der Waals surface area contributed by atoms with Crippen LogP contribution in [0, 0.1) is 20.8 Å². The smallest absolute Gasteiger partial charge is 0.409 e. The summed E-state index contributed by atoms with van der Waals surface area (Å²) >= 11 is 3.34. The first-order valence-electron chi connectivity index (χ1n) is 6.28. The third-order valence-corrected chi connectivity index (χ3v) is 3.60. The van der Waals surface area contributed by atoms with Crippen LogP contribution in [0.25, 0.3) is 0 Å². The summed E-state index contributed by atoms with van der Waals surface area (Å²) in [5.74, 6) is 0.493. The van der Waals surface area contributed by atoms with Crippen molar-refractivity contribution in [3.8, 4) is 5.75 Å². The molecule has 0 spiro atoms. The van der Waals surface area contributed by atoms with E-state index in [0.717, 1.165) is 21.3 Å². The Hall–Kier alpha value is -1.81. The molecule has 104 valence electrons. The van der Waals surface area contributed by atoms with Gasteiger partial charge in [-0.05, 0) is 60.0 Å². The molecule has 3 nitrogen and oxygen atoms in total. The Morgan fingerprint density at radius 3 is 2.30 bits per heavy atom. The molecule has 20 heavy (non-hydrogen) atoms. The van der Waals surface area contributed by atoms with Gasteiger partial charge in [0.1, 0.15) is 5.75 Å². The van der Waals surface area contributed by atoms with E-state index in [1.165, 1.54) is 5.56 Å². The van der Waals surface area contributed by atoms with Crippen molar-refractivity contribution >= 4 is 27.7 Å². The average molecular weight is 334 g/mol. The summed E-state index contributed by atoms with van der Waals surface area (Å²) in [7, 11) is 0. The Bertz CT molecular complexity index is 630. The summed E-state index contributed by atoms with van der Waals surface area (Å²) in [6.45, 7) is 5.96. The van der Waals surface area contributed by atoms with E-state index in [1.54, 1.807) is 6.07 Å². The molecule has 1 amide bonds. The van der Waals surface area contributed by atoms with Crippen LogP contribution in [0.2, 0.25) is 0 Å². The van der Waals surface area contributed by atoms with E-state index < -0.39 is 6.09 Å². The van der Waals surface area contributed by atoms with Crippen molar-refractivity contribution in [1.29, 1.82) is 0 Å². The third-order valence-electron chi connectivity index (χ3n) is 2.94. The van der Waals surface area contributed by atoms with Crippen molar-refractivity contribution in [2.75, 3.05) is 5.32 Å². The zero-order valence-corrected chi connectivity index (χ0v) is 13.2. The molecule has 0 saturated heterocycles. The number of anilines is 1. The highest BCUT2D eigenvalue weighted by atomic mass is 79.9. The topological polar surface area (TPSA) is 38.3 Å². The van der Waals surface area contributed by atoms with Gasteiger partial charge in [0.15, 0.2) is 0 Å². The van der Waals surface area contributed by atoms with Crippen molar-refractivity contribution in [3.05, 3.63) is 57.6 Å². The molecule has 0 unspecified atom stereocenters. The fourth-order valence-corrected chi connectivity index (χ4v) is 2.50. The summed E-state index contributed by atoms with van der Waals surface area (Å²) in [6, 6.07) is 11.3. The van der Waals surface area contributed by atoms with Crippen LogP contribution in [-0.2, 0) is 0 Å². The number of hydrogen-bond acceptors (Lipinski definition) is 2. The Labute approximate surface area is 127 Å². The van der Waals surface area contributed by atoms with Gasteiger partial charge in [0, 0.05) is 5.69 Å². The van der Waals surface area contributed by atoms with E-state index in [9.17, 15) is 4.79 Å². The molecule has 0 radical (unpaired) electrons. The Kier molecular flexibility index (Phi) is 4.45. The predicted molar refractivity (Wildman–Crippen MR) is 84.4 cm³/mol. The Morgan fingerprint density at radius 2 is 1.70 bits per heavy atom. The molecular formula is C16H16BrNO2. The van der Waals surface area contributed by atoms with Gasteiger partial charge < -0.3 is 4.74 Å². The molecule has 0 bridgehead atoms. The van der Waals surface area contributed by atoms with Crippen LogP contribution < -0.4 is 10.1 Å². The van der Waals surface area contributed by atoms with Gasteiger partial charge in [-0.3, -0.25) is 5.32 Å². The highest BCUT2D eigenvalue weighted by Crippen LogP contribution is 2.25. The first-order valence-corrected chi connectivity index (χ1v) is 7.08. The zero-order valence-electron chi connectivity index (χ0n) is 11.7. The maximum atomic E-state index is 12.0. The molecule has 0 fully saturated rings. The van der Waals surface area contributed by atoms with Crippen LogP contribution >= 0.6 is 15.9 Å². The molecule has 2 aromatic carbocycles. The van der Waals surface area contributed by atoms with Gasteiger partial charge in [0.2, 0.25) is 0 Å². The van der Waals surface area contributed by atoms with Crippen LogP contribution in [0.3, 0.4) is 0 Å². The van der Waals surface area contributed by atoms with Gasteiger partial charge in [0.05, 0.1) is 4.47 Å². The number of ether oxygens (including phenoxy) is 1. The first-order chi connectivity index (χ1) is 9.47. The Balaban J connectivity index is 2.15.